The number of likely N-dealkylation sites (N-methyl/N-ethyl adjacent to an activating group) is 1. The van der Waals surface area contributed by atoms with Crippen LogP contribution in [0.3, 0.4) is 0 Å². The molecule has 0 saturated carbocycles. The molecule has 0 amide bonds. The summed E-state index contributed by atoms with van der Waals surface area (Å²) in [5, 5.41) is 12.5. The molecule has 16 heavy (non-hydrogen) atoms. The number of hydrogen-bond acceptors (Lipinski definition) is 3. The number of aryl methyl sites for hydroxylation is 1. The summed E-state index contributed by atoms with van der Waals surface area (Å²) in [5.74, 6) is 0. The van der Waals surface area contributed by atoms with Gasteiger partial charge in [-0.2, -0.15) is 0 Å². The van der Waals surface area contributed by atoms with Crippen LogP contribution in [0.25, 0.3) is 11.0 Å². The van der Waals surface area contributed by atoms with E-state index >= 15 is 0 Å². The molecule has 0 saturated heterocycles. The highest BCUT2D eigenvalue weighted by atomic mass is 16.3. The summed E-state index contributed by atoms with van der Waals surface area (Å²) < 4.78 is 1.99. The molecule has 2 N–H and O–H groups in total. The first-order chi connectivity index (χ1) is 7.76. The molecule has 1 aromatic carbocycles. The molecule has 86 valence electrons. The zero-order chi connectivity index (χ0) is 11.5. The van der Waals surface area contributed by atoms with Crippen LogP contribution < -0.4 is 5.32 Å². The van der Waals surface area contributed by atoms with Crippen molar-refractivity contribution in [1.82, 2.24) is 14.9 Å². The normalized spacial score (nSPS) is 13.2. The van der Waals surface area contributed by atoms with E-state index in [9.17, 15) is 5.11 Å². The highest BCUT2D eigenvalue weighted by Gasteiger charge is 2.10. The van der Waals surface area contributed by atoms with Gasteiger partial charge >= 0.3 is 0 Å². The lowest BCUT2D eigenvalue weighted by atomic mass is 10.1. The summed E-state index contributed by atoms with van der Waals surface area (Å²) in [6, 6.07) is 6.10. The second-order valence-corrected chi connectivity index (χ2v) is 3.90. The van der Waals surface area contributed by atoms with Crippen molar-refractivity contribution in [2.75, 3.05) is 13.2 Å². The number of benzene rings is 1. The van der Waals surface area contributed by atoms with E-state index < -0.39 is 0 Å². The molecular formula is C12H17N3O. The van der Waals surface area contributed by atoms with Gasteiger partial charge in [0.15, 0.2) is 0 Å². The SMILES string of the molecule is CCNC(CO)c1ccc2c(c1)ncn2C. The third-order valence-corrected chi connectivity index (χ3v) is 2.78. The number of imidazole rings is 1. The molecule has 4 nitrogen and oxygen atoms in total. The molecule has 1 atom stereocenters. The maximum absolute atomic E-state index is 9.30. The van der Waals surface area contributed by atoms with Gasteiger partial charge in [0.25, 0.3) is 0 Å². The zero-order valence-electron chi connectivity index (χ0n) is 9.64. The Kier molecular flexibility index (Phi) is 3.22. The van der Waals surface area contributed by atoms with Gasteiger partial charge in [0.05, 0.1) is 30.0 Å². The fourth-order valence-corrected chi connectivity index (χ4v) is 1.90. The fourth-order valence-electron chi connectivity index (χ4n) is 1.90. The number of aromatic nitrogens is 2. The minimum atomic E-state index is -0.00333. The van der Waals surface area contributed by atoms with Gasteiger partial charge in [-0.25, -0.2) is 4.98 Å². The van der Waals surface area contributed by atoms with Gasteiger partial charge in [-0.05, 0) is 24.2 Å². The second-order valence-electron chi connectivity index (χ2n) is 3.90. The number of fused-ring (bicyclic) bond motifs is 1. The number of aliphatic hydroxyl groups excluding tert-OH is 1. The van der Waals surface area contributed by atoms with Crippen molar-refractivity contribution in [3.63, 3.8) is 0 Å². The van der Waals surface area contributed by atoms with Gasteiger partial charge in [-0.15, -0.1) is 0 Å². The lowest BCUT2D eigenvalue weighted by Gasteiger charge is -2.15. The van der Waals surface area contributed by atoms with Crippen molar-refractivity contribution >= 4 is 11.0 Å². The largest absolute Gasteiger partial charge is 0.394 e. The third-order valence-electron chi connectivity index (χ3n) is 2.78. The van der Waals surface area contributed by atoms with Crippen LogP contribution in [0.2, 0.25) is 0 Å². The standard InChI is InChI=1S/C12H17N3O/c1-3-13-11(7-16)9-4-5-12-10(6-9)14-8-15(12)2/h4-6,8,11,13,16H,3,7H2,1-2H3. The van der Waals surface area contributed by atoms with Gasteiger partial charge in [0, 0.05) is 7.05 Å². The molecular weight excluding hydrogens is 202 g/mol. The summed E-state index contributed by atoms with van der Waals surface area (Å²) in [7, 11) is 1.98. The molecule has 0 aliphatic heterocycles. The van der Waals surface area contributed by atoms with E-state index in [1.54, 1.807) is 6.33 Å². The molecule has 0 bridgehead atoms. The summed E-state index contributed by atoms with van der Waals surface area (Å²) >= 11 is 0. The summed E-state index contributed by atoms with van der Waals surface area (Å²) in [6.07, 6.45) is 1.80. The first-order valence-electron chi connectivity index (χ1n) is 5.51. The highest BCUT2D eigenvalue weighted by Crippen LogP contribution is 2.18. The van der Waals surface area contributed by atoms with Crippen LogP contribution in [0.1, 0.15) is 18.5 Å². The van der Waals surface area contributed by atoms with E-state index in [0.717, 1.165) is 23.1 Å². The van der Waals surface area contributed by atoms with Gasteiger partial charge in [-0.3, -0.25) is 0 Å². The number of nitrogens with one attached hydrogen (secondary N) is 1. The topological polar surface area (TPSA) is 50.1 Å². The van der Waals surface area contributed by atoms with Gasteiger partial charge in [-0.1, -0.05) is 13.0 Å². The monoisotopic (exact) mass is 219 g/mol. The van der Waals surface area contributed by atoms with Crippen molar-refractivity contribution in [2.24, 2.45) is 7.05 Å². The average molecular weight is 219 g/mol. The Hall–Kier alpha value is -1.39. The van der Waals surface area contributed by atoms with E-state index in [4.69, 9.17) is 0 Å². The first kappa shape index (κ1) is 11.1. The predicted octanol–water partition coefficient (Wildman–Crippen LogP) is 1.22. The molecule has 1 unspecified atom stereocenters. The maximum Gasteiger partial charge on any atom is 0.0955 e. The summed E-state index contributed by atoms with van der Waals surface area (Å²) in [4.78, 5) is 4.31. The Morgan fingerprint density at radius 2 is 2.31 bits per heavy atom. The quantitative estimate of drug-likeness (QED) is 0.812. The molecule has 4 heteroatoms. The van der Waals surface area contributed by atoms with Crippen molar-refractivity contribution in [3.8, 4) is 0 Å². The molecule has 1 aromatic heterocycles. The van der Waals surface area contributed by atoms with Crippen LogP contribution in [-0.2, 0) is 7.05 Å². The Balaban J connectivity index is 2.37. The minimum absolute atomic E-state index is 0.00333. The zero-order valence-corrected chi connectivity index (χ0v) is 9.64. The summed E-state index contributed by atoms with van der Waals surface area (Å²) in [5.41, 5.74) is 3.16. The fraction of sp³-hybridized carbons (Fsp3) is 0.417. The molecule has 2 rings (SSSR count). The Labute approximate surface area is 94.9 Å². The maximum atomic E-state index is 9.30. The van der Waals surface area contributed by atoms with E-state index in [-0.39, 0.29) is 12.6 Å². The van der Waals surface area contributed by atoms with Gasteiger partial charge in [0.2, 0.25) is 0 Å². The molecule has 0 aliphatic rings. The highest BCUT2D eigenvalue weighted by molar-refractivity contribution is 5.76. The van der Waals surface area contributed by atoms with Crippen LogP contribution >= 0.6 is 0 Å². The van der Waals surface area contributed by atoms with E-state index in [1.165, 1.54) is 0 Å². The molecule has 0 fully saturated rings. The predicted molar refractivity (Wildman–Crippen MR) is 64.2 cm³/mol. The van der Waals surface area contributed by atoms with Crippen LogP contribution in [0, 0.1) is 0 Å². The van der Waals surface area contributed by atoms with E-state index in [2.05, 4.69) is 10.3 Å². The van der Waals surface area contributed by atoms with Crippen LogP contribution in [-0.4, -0.2) is 27.8 Å². The number of aliphatic hydroxyl groups is 1. The Bertz CT molecular complexity index is 478. The smallest absolute Gasteiger partial charge is 0.0955 e. The summed E-state index contributed by atoms with van der Waals surface area (Å²) in [6.45, 7) is 2.97. The van der Waals surface area contributed by atoms with Crippen molar-refractivity contribution in [3.05, 3.63) is 30.1 Å². The lowest BCUT2D eigenvalue weighted by Crippen LogP contribution is -2.23. The van der Waals surface area contributed by atoms with Gasteiger partial charge in [0.1, 0.15) is 0 Å². The second kappa shape index (κ2) is 4.63. The van der Waals surface area contributed by atoms with Gasteiger partial charge < -0.3 is 15.0 Å². The molecule has 1 heterocycles. The van der Waals surface area contributed by atoms with E-state index in [1.807, 2.05) is 36.7 Å². The number of nitrogens with zero attached hydrogens (tertiary/aromatic N) is 2. The minimum Gasteiger partial charge on any atom is -0.394 e. The van der Waals surface area contributed by atoms with Crippen LogP contribution in [0.15, 0.2) is 24.5 Å². The average Bonchev–Trinajstić information content (AvgIpc) is 2.67. The van der Waals surface area contributed by atoms with Crippen molar-refractivity contribution in [2.45, 2.75) is 13.0 Å². The first-order valence-corrected chi connectivity index (χ1v) is 5.51. The molecule has 0 spiro atoms. The Morgan fingerprint density at radius 3 is 3.00 bits per heavy atom. The van der Waals surface area contributed by atoms with Crippen LogP contribution in [0.5, 0.6) is 0 Å². The third kappa shape index (κ3) is 1.94. The molecule has 2 aromatic rings. The Morgan fingerprint density at radius 1 is 1.50 bits per heavy atom. The van der Waals surface area contributed by atoms with Crippen molar-refractivity contribution in [1.29, 1.82) is 0 Å². The van der Waals surface area contributed by atoms with Crippen molar-refractivity contribution < 1.29 is 5.11 Å². The van der Waals surface area contributed by atoms with E-state index in [0.29, 0.717) is 0 Å². The van der Waals surface area contributed by atoms with Crippen LogP contribution in [0.4, 0.5) is 0 Å². The molecule has 0 aliphatic carbocycles. The number of hydrogen-bond donors (Lipinski definition) is 2. The number of rotatable bonds is 4. The molecule has 0 radical (unpaired) electrons. The lowest BCUT2D eigenvalue weighted by molar-refractivity contribution is 0.246.